The van der Waals surface area contributed by atoms with Gasteiger partial charge in [0.15, 0.2) is 0 Å². The van der Waals surface area contributed by atoms with Crippen LogP contribution in [0, 0.1) is 0 Å². The number of alkyl halides is 2. The summed E-state index contributed by atoms with van der Waals surface area (Å²) in [6.07, 6.45) is 5.86. The molecule has 0 atom stereocenters. The fraction of sp³-hybridized carbons (Fsp3) is 0.333. The van der Waals surface area contributed by atoms with E-state index in [1.165, 1.54) is 12.4 Å². The second-order valence-electron chi connectivity index (χ2n) is 3.27. The topological polar surface area (TPSA) is 61.7 Å². The minimum Gasteiger partial charge on any atom is -0.330 e. The molecular weight excluding hydrogens is 216 g/mol. The van der Waals surface area contributed by atoms with E-state index in [0.717, 1.165) is 10.3 Å². The van der Waals surface area contributed by atoms with Crippen LogP contribution in [0.2, 0.25) is 0 Å². The van der Waals surface area contributed by atoms with Crippen LogP contribution in [0.1, 0.15) is 18.1 Å². The summed E-state index contributed by atoms with van der Waals surface area (Å²) in [5.41, 5.74) is 6.12. The number of imidazole rings is 2. The van der Waals surface area contributed by atoms with E-state index >= 15 is 0 Å². The molecule has 0 aliphatic carbocycles. The summed E-state index contributed by atoms with van der Waals surface area (Å²) in [4.78, 5) is 7.87. The van der Waals surface area contributed by atoms with Gasteiger partial charge in [-0.15, -0.1) is 0 Å². The molecule has 0 bridgehead atoms. The van der Waals surface area contributed by atoms with Gasteiger partial charge in [-0.25, -0.2) is 9.97 Å². The summed E-state index contributed by atoms with van der Waals surface area (Å²) in [6, 6.07) is 0. The first kappa shape index (κ1) is 10.7. The summed E-state index contributed by atoms with van der Waals surface area (Å²) in [7, 11) is 0. The van der Waals surface area contributed by atoms with Crippen molar-refractivity contribution in [1.29, 1.82) is 0 Å². The van der Waals surface area contributed by atoms with Crippen LogP contribution < -0.4 is 5.73 Å². The van der Waals surface area contributed by atoms with Gasteiger partial charge in [0.2, 0.25) is 0 Å². The molecule has 0 amide bonds. The van der Waals surface area contributed by atoms with Crippen molar-refractivity contribution in [2.45, 2.75) is 19.6 Å². The van der Waals surface area contributed by atoms with E-state index in [-0.39, 0.29) is 12.4 Å². The van der Waals surface area contributed by atoms with Gasteiger partial charge in [0, 0.05) is 25.1 Å². The van der Waals surface area contributed by atoms with Gasteiger partial charge in [-0.3, -0.25) is 4.57 Å². The number of hydrogen-bond donors (Lipinski definition) is 1. The first-order chi connectivity index (χ1) is 7.70. The predicted molar refractivity (Wildman–Crippen MR) is 52.7 cm³/mol. The molecule has 5 nitrogen and oxygen atoms in total. The molecule has 0 aliphatic rings. The Morgan fingerprint density at radius 3 is 2.81 bits per heavy atom. The maximum Gasteiger partial charge on any atom is 0.319 e. The number of halogens is 2. The van der Waals surface area contributed by atoms with Crippen molar-refractivity contribution in [3.05, 3.63) is 36.4 Å². The quantitative estimate of drug-likeness (QED) is 0.847. The van der Waals surface area contributed by atoms with Gasteiger partial charge in [0.25, 0.3) is 0 Å². The molecule has 0 saturated carbocycles. The van der Waals surface area contributed by atoms with Gasteiger partial charge < -0.3 is 10.3 Å². The SMILES string of the molecule is NCc1cn(Cc2nccn2C(F)F)cn1. The van der Waals surface area contributed by atoms with E-state index in [1.54, 1.807) is 17.1 Å². The van der Waals surface area contributed by atoms with Crippen molar-refractivity contribution >= 4 is 0 Å². The second kappa shape index (κ2) is 4.40. The van der Waals surface area contributed by atoms with Gasteiger partial charge in [-0.2, -0.15) is 8.78 Å². The second-order valence-corrected chi connectivity index (χ2v) is 3.27. The Labute approximate surface area is 90.5 Å². The summed E-state index contributed by atoms with van der Waals surface area (Å²) >= 11 is 0. The zero-order valence-electron chi connectivity index (χ0n) is 8.42. The molecule has 0 saturated heterocycles. The van der Waals surface area contributed by atoms with E-state index in [0.29, 0.717) is 6.54 Å². The monoisotopic (exact) mass is 227 g/mol. The molecule has 0 spiro atoms. The van der Waals surface area contributed by atoms with E-state index in [9.17, 15) is 8.78 Å². The average molecular weight is 227 g/mol. The summed E-state index contributed by atoms with van der Waals surface area (Å²) in [6.45, 7) is -1.99. The van der Waals surface area contributed by atoms with E-state index in [1.807, 2.05) is 0 Å². The maximum atomic E-state index is 12.5. The van der Waals surface area contributed by atoms with Gasteiger partial charge in [0.1, 0.15) is 5.82 Å². The van der Waals surface area contributed by atoms with Crippen molar-refractivity contribution in [3.63, 3.8) is 0 Å². The van der Waals surface area contributed by atoms with E-state index in [4.69, 9.17) is 5.73 Å². The van der Waals surface area contributed by atoms with Crippen molar-refractivity contribution in [2.24, 2.45) is 5.73 Å². The Morgan fingerprint density at radius 2 is 2.19 bits per heavy atom. The zero-order chi connectivity index (χ0) is 11.5. The molecule has 2 aromatic rings. The van der Waals surface area contributed by atoms with Gasteiger partial charge in [-0.05, 0) is 0 Å². The van der Waals surface area contributed by atoms with Gasteiger partial charge >= 0.3 is 6.55 Å². The highest BCUT2D eigenvalue weighted by molar-refractivity contribution is 5.00. The first-order valence-corrected chi connectivity index (χ1v) is 4.71. The van der Waals surface area contributed by atoms with Crippen LogP contribution in [0.15, 0.2) is 24.9 Å². The van der Waals surface area contributed by atoms with Crippen LogP contribution in [-0.2, 0) is 13.1 Å². The molecule has 0 aromatic carbocycles. The standard InChI is InChI=1S/C9H11F2N5/c10-9(11)16-2-1-13-8(16)5-15-4-7(3-12)14-6-15/h1-2,4,6,9H,3,5,12H2. The Kier molecular flexibility index (Phi) is 2.95. The molecule has 2 rings (SSSR count). The smallest absolute Gasteiger partial charge is 0.319 e. The van der Waals surface area contributed by atoms with Gasteiger partial charge in [0.05, 0.1) is 18.6 Å². The molecule has 0 unspecified atom stereocenters. The van der Waals surface area contributed by atoms with Crippen LogP contribution in [0.3, 0.4) is 0 Å². The van der Waals surface area contributed by atoms with Crippen molar-refractivity contribution in [2.75, 3.05) is 0 Å². The molecule has 0 fully saturated rings. The lowest BCUT2D eigenvalue weighted by atomic mass is 10.5. The minimum atomic E-state index is -2.57. The molecule has 0 aliphatic heterocycles. The highest BCUT2D eigenvalue weighted by atomic mass is 19.3. The number of nitrogens with zero attached hydrogens (tertiary/aromatic N) is 4. The van der Waals surface area contributed by atoms with Crippen molar-refractivity contribution in [3.8, 4) is 0 Å². The molecular formula is C9H11F2N5. The van der Waals surface area contributed by atoms with Crippen LogP contribution in [-0.4, -0.2) is 19.1 Å². The lowest BCUT2D eigenvalue weighted by molar-refractivity contribution is 0.0667. The average Bonchev–Trinajstić information content (AvgIpc) is 2.87. The lowest BCUT2D eigenvalue weighted by Gasteiger charge is -2.06. The van der Waals surface area contributed by atoms with Gasteiger partial charge in [-0.1, -0.05) is 0 Å². The van der Waals surface area contributed by atoms with Crippen molar-refractivity contribution in [1.82, 2.24) is 19.1 Å². The van der Waals surface area contributed by atoms with Crippen LogP contribution >= 0.6 is 0 Å². The highest BCUT2D eigenvalue weighted by Gasteiger charge is 2.11. The Bertz CT molecular complexity index is 462. The molecule has 2 heterocycles. The maximum absolute atomic E-state index is 12.5. The third-order valence-corrected chi connectivity index (χ3v) is 2.18. The molecule has 2 N–H and O–H groups in total. The summed E-state index contributed by atoms with van der Waals surface area (Å²) in [5, 5.41) is 0. The van der Waals surface area contributed by atoms with Crippen LogP contribution in [0.25, 0.3) is 0 Å². The van der Waals surface area contributed by atoms with Crippen molar-refractivity contribution < 1.29 is 8.78 Å². The fourth-order valence-corrected chi connectivity index (χ4v) is 1.41. The molecule has 2 aromatic heterocycles. The van der Waals surface area contributed by atoms with E-state index in [2.05, 4.69) is 9.97 Å². The third kappa shape index (κ3) is 2.08. The molecule has 86 valence electrons. The Hall–Kier alpha value is -1.76. The third-order valence-electron chi connectivity index (χ3n) is 2.18. The van der Waals surface area contributed by atoms with Crippen LogP contribution in [0.4, 0.5) is 8.78 Å². The first-order valence-electron chi connectivity index (χ1n) is 4.71. The number of rotatable bonds is 4. The predicted octanol–water partition coefficient (Wildman–Crippen LogP) is 0.982. The molecule has 16 heavy (non-hydrogen) atoms. The summed E-state index contributed by atoms with van der Waals surface area (Å²) in [5.74, 6) is 0.288. The molecule has 7 heteroatoms. The highest BCUT2D eigenvalue weighted by Crippen LogP contribution is 2.13. The number of aromatic nitrogens is 4. The van der Waals surface area contributed by atoms with E-state index < -0.39 is 6.55 Å². The minimum absolute atomic E-state index is 0.254. The van der Waals surface area contributed by atoms with Crippen LogP contribution in [0.5, 0.6) is 0 Å². The zero-order valence-corrected chi connectivity index (χ0v) is 8.42. The Morgan fingerprint density at radius 1 is 1.38 bits per heavy atom. The fourth-order valence-electron chi connectivity index (χ4n) is 1.41. The largest absolute Gasteiger partial charge is 0.330 e. The normalized spacial score (nSPS) is 11.2. The number of nitrogens with two attached hydrogens (primary N) is 1. The lowest BCUT2D eigenvalue weighted by Crippen LogP contribution is -2.07. The molecule has 0 radical (unpaired) electrons. The Balaban J connectivity index is 2.17. The number of hydrogen-bond acceptors (Lipinski definition) is 3. The summed E-state index contributed by atoms with van der Waals surface area (Å²) < 4.78 is 27.5.